The third-order valence-electron chi connectivity index (χ3n) is 2.73. The summed E-state index contributed by atoms with van der Waals surface area (Å²) in [5.74, 6) is -0.390. The molecule has 0 spiro atoms. The predicted octanol–water partition coefficient (Wildman–Crippen LogP) is 4.42. The van der Waals surface area contributed by atoms with Crippen LogP contribution in [0.1, 0.15) is 21.5 Å². The number of carbonyl (C=O) groups excluding carboxylic acids is 1. The van der Waals surface area contributed by atoms with E-state index >= 15 is 0 Å². The Hall–Kier alpha value is -1.89. The molecule has 0 aliphatic rings. The number of amides is 1. The lowest BCUT2D eigenvalue weighted by atomic mass is 10.1. The number of benzene rings is 1. The maximum absolute atomic E-state index is 12.6. The van der Waals surface area contributed by atoms with Gasteiger partial charge in [-0.25, -0.2) is 4.98 Å². The van der Waals surface area contributed by atoms with E-state index in [0.29, 0.717) is 0 Å². The highest BCUT2D eigenvalue weighted by atomic mass is 79.9. The van der Waals surface area contributed by atoms with Gasteiger partial charge in [0.15, 0.2) is 0 Å². The predicted molar refractivity (Wildman–Crippen MR) is 76.1 cm³/mol. The molecule has 3 nitrogen and oxygen atoms in total. The summed E-state index contributed by atoms with van der Waals surface area (Å²) in [5, 5.41) is 2.46. The van der Waals surface area contributed by atoms with Crippen molar-refractivity contribution in [3.63, 3.8) is 0 Å². The maximum Gasteiger partial charge on any atom is 0.416 e. The van der Waals surface area contributed by atoms with Crippen LogP contribution >= 0.6 is 15.9 Å². The third-order valence-corrected chi connectivity index (χ3v) is 3.59. The summed E-state index contributed by atoms with van der Waals surface area (Å²) in [6, 6.07) is 5.81. The molecule has 7 heteroatoms. The second-order valence-electron chi connectivity index (χ2n) is 4.35. The minimum Gasteiger partial charge on any atom is -0.307 e. The van der Waals surface area contributed by atoms with Crippen molar-refractivity contribution in [2.75, 3.05) is 5.32 Å². The fourth-order valence-corrected chi connectivity index (χ4v) is 1.91. The van der Waals surface area contributed by atoms with Gasteiger partial charge in [0.25, 0.3) is 5.91 Å². The molecule has 0 unspecified atom stereocenters. The fourth-order valence-electron chi connectivity index (χ4n) is 1.59. The van der Waals surface area contributed by atoms with Gasteiger partial charge in [0.2, 0.25) is 0 Å². The van der Waals surface area contributed by atoms with E-state index in [1.54, 1.807) is 12.3 Å². The summed E-state index contributed by atoms with van der Waals surface area (Å²) in [4.78, 5) is 15.9. The number of aryl methyl sites for hydroxylation is 1. The molecule has 2 aromatic rings. The summed E-state index contributed by atoms with van der Waals surface area (Å²) in [6.45, 7) is 1.83. The number of nitrogens with one attached hydrogen (secondary N) is 1. The van der Waals surface area contributed by atoms with Gasteiger partial charge in [-0.15, -0.1) is 0 Å². The summed E-state index contributed by atoms with van der Waals surface area (Å²) in [6.07, 6.45) is -2.94. The van der Waals surface area contributed by atoms with Gasteiger partial charge < -0.3 is 5.32 Å². The lowest BCUT2D eigenvalue weighted by Crippen LogP contribution is -2.14. The van der Waals surface area contributed by atoms with Crippen LogP contribution in [0.4, 0.5) is 19.0 Å². The van der Waals surface area contributed by atoms with Crippen LogP contribution in [0.5, 0.6) is 0 Å². The van der Waals surface area contributed by atoms with E-state index in [1.165, 1.54) is 12.1 Å². The van der Waals surface area contributed by atoms with Gasteiger partial charge in [-0.05, 0) is 36.8 Å². The zero-order valence-corrected chi connectivity index (χ0v) is 12.4. The molecule has 1 heterocycles. The number of alkyl halides is 3. The summed E-state index contributed by atoms with van der Waals surface area (Å²) in [7, 11) is 0. The van der Waals surface area contributed by atoms with E-state index < -0.39 is 17.6 Å². The van der Waals surface area contributed by atoms with E-state index in [0.717, 1.165) is 22.2 Å². The Labute approximate surface area is 127 Å². The minimum atomic E-state index is -4.48. The van der Waals surface area contributed by atoms with E-state index in [4.69, 9.17) is 0 Å². The van der Waals surface area contributed by atoms with Gasteiger partial charge in [-0.1, -0.05) is 22.0 Å². The molecule has 0 aliphatic heterocycles. The topological polar surface area (TPSA) is 42.0 Å². The second kappa shape index (κ2) is 5.85. The average Bonchev–Trinajstić information content (AvgIpc) is 2.42. The highest BCUT2D eigenvalue weighted by Gasteiger charge is 2.30. The minimum absolute atomic E-state index is 0.0803. The smallest absolute Gasteiger partial charge is 0.307 e. The molecule has 1 amide bonds. The van der Waals surface area contributed by atoms with Crippen LogP contribution in [0.15, 0.2) is 41.0 Å². The zero-order chi connectivity index (χ0) is 15.6. The largest absolute Gasteiger partial charge is 0.416 e. The van der Waals surface area contributed by atoms with Crippen LogP contribution in [0.2, 0.25) is 0 Å². The van der Waals surface area contributed by atoms with Crippen molar-refractivity contribution in [2.24, 2.45) is 0 Å². The number of hydrogen-bond donors (Lipinski definition) is 1. The highest BCUT2D eigenvalue weighted by molar-refractivity contribution is 9.10. The number of nitrogens with zero attached hydrogens (tertiary/aromatic N) is 1. The number of aromatic nitrogens is 1. The van der Waals surface area contributed by atoms with Gasteiger partial charge in [0, 0.05) is 16.2 Å². The molecule has 0 saturated carbocycles. The molecule has 0 radical (unpaired) electrons. The Morgan fingerprint density at radius 3 is 2.62 bits per heavy atom. The van der Waals surface area contributed by atoms with E-state index in [9.17, 15) is 18.0 Å². The Morgan fingerprint density at radius 2 is 2.00 bits per heavy atom. The van der Waals surface area contributed by atoms with Gasteiger partial charge in [-0.2, -0.15) is 13.2 Å². The molecule has 0 fully saturated rings. The molecule has 0 aliphatic carbocycles. The SMILES string of the molecule is Cc1cnc(NC(=O)c2cccc(C(F)(F)F)c2)cc1Br. The van der Waals surface area contributed by atoms with Crippen LogP contribution in [-0.2, 0) is 6.18 Å². The first-order chi connectivity index (χ1) is 9.77. The molecule has 0 saturated heterocycles. The van der Waals surface area contributed by atoms with Gasteiger partial charge in [0.05, 0.1) is 5.56 Å². The number of anilines is 1. The van der Waals surface area contributed by atoms with Crippen molar-refractivity contribution < 1.29 is 18.0 Å². The van der Waals surface area contributed by atoms with Crippen molar-refractivity contribution >= 4 is 27.7 Å². The molecule has 110 valence electrons. The van der Waals surface area contributed by atoms with Crippen LogP contribution < -0.4 is 5.32 Å². The lowest BCUT2D eigenvalue weighted by molar-refractivity contribution is -0.137. The average molecular weight is 359 g/mol. The van der Waals surface area contributed by atoms with Crippen molar-refractivity contribution in [3.05, 3.63) is 57.7 Å². The Bertz CT molecular complexity index is 686. The molecule has 2 rings (SSSR count). The molecule has 1 aromatic carbocycles. The normalized spacial score (nSPS) is 11.3. The van der Waals surface area contributed by atoms with E-state index in [1.807, 2.05) is 6.92 Å². The Morgan fingerprint density at radius 1 is 1.29 bits per heavy atom. The van der Waals surface area contributed by atoms with Crippen LogP contribution in [0.3, 0.4) is 0 Å². The fraction of sp³-hybridized carbons (Fsp3) is 0.143. The van der Waals surface area contributed by atoms with E-state index in [-0.39, 0.29) is 11.4 Å². The number of carbonyl (C=O) groups is 1. The molecular formula is C14H10BrF3N2O. The van der Waals surface area contributed by atoms with Crippen molar-refractivity contribution in [3.8, 4) is 0 Å². The summed E-state index contributed by atoms with van der Waals surface area (Å²) in [5.41, 5.74) is -0.0661. The summed E-state index contributed by atoms with van der Waals surface area (Å²) >= 11 is 3.29. The number of pyridine rings is 1. The monoisotopic (exact) mass is 358 g/mol. The van der Waals surface area contributed by atoms with Crippen molar-refractivity contribution in [1.82, 2.24) is 4.98 Å². The first kappa shape index (κ1) is 15.5. The van der Waals surface area contributed by atoms with E-state index in [2.05, 4.69) is 26.2 Å². The molecule has 0 bridgehead atoms. The standard InChI is InChI=1S/C14H10BrF3N2O/c1-8-7-19-12(6-11(8)15)20-13(21)9-3-2-4-10(5-9)14(16,17)18/h2-7H,1H3,(H,19,20,21). The van der Waals surface area contributed by atoms with Crippen molar-refractivity contribution in [2.45, 2.75) is 13.1 Å². The van der Waals surface area contributed by atoms with Gasteiger partial charge >= 0.3 is 6.18 Å². The first-order valence-electron chi connectivity index (χ1n) is 5.88. The quantitative estimate of drug-likeness (QED) is 0.862. The Balaban J connectivity index is 2.22. The maximum atomic E-state index is 12.6. The molecule has 1 N–H and O–H groups in total. The third kappa shape index (κ3) is 3.81. The molecule has 0 atom stereocenters. The van der Waals surface area contributed by atoms with Crippen LogP contribution in [0.25, 0.3) is 0 Å². The summed E-state index contributed by atoms with van der Waals surface area (Å²) < 4.78 is 38.6. The molecule has 21 heavy (non-hydrogen) atoms. The van der Waals surface area contributed by atoms with Crippen LogP contribution in [-0.4, -0.2) is 10.9 Å². The zero-order valence-electron chi connectivity index (χ0n) is 10.8. The number of hydrogen-bond acceptors (Lipinski definition) is 2. The number of halogens is 4. The molecular weight excluding hydrogens is 349 g/mol. The van der Waals surface area contributed by atoms with Crippen molar-refractivity contribution in [1.29, 1.82) is 0 Å². The number of rotatable bonds is 2. The highest BCUT2D eigenvalue weighted by Crippen LogP contribution is 2.29. The second-order valence-corrected chi connectivity index (χ2v) is 5.21. The molecule has 1 aromatic heterocycles. The van der Waals surface area contributed by atoms with Crippen LogP contribution in [0, 0.1) is 6.92 Å². The van der Waals surface area contributed by atoms with Gasteiger partial charge in [0.1, 0.15) is 5.82 Å². The Kier molecular flexibility index (Phi) is 4.32. The lowest BCUT2D eigenvalue weighted by Gasteiger charge is -2.09. The van der Waals surface area contributed by atoms with Gasteiger partial charge in [-0.3, -0.25) is 4.79 Å². The first-order valence-corrected chi connectivity index (χ1v) is 6.67.